The van der Waals surface area contributed by atoms with Gasteiger partial charge in [-0.2, -0.15) is 0 Å². The zero-order chi connectivity index (χ0) is 17.2. The van der Waals surface area contributed by atoms with Gasteiger partial charge in [-0.1, -0.05) is 19.1 Å². The molecule has 0 aliphatic rings. The average molecular weight is 324 g/mol. The van der Waals surface area contributed by atoms with Crippen LogP contribution >= 0.6 is 0 Å². The molecule has 1 atom stereocenters. The molecule has 0 saturated heterocycles. The fraction of sp³-hybridized carbons (Fsp3) is 0.529. The van der Waals surface area contributed by atoms with Crippen LogP contribution in [0.1, 0.15) is 32.3 Å². The molecule has 2 amide bonds. The van der Waals surface area contributed by atoms with Gasteiger partial charge in [0.05, 0.1) is 6.61 Å². The number of amides is 2. The quantitative estimate of drug-likeness (QED) is 0.708. The molecule has 0 aromatic heterocycles. The minimum Gasteiger partial charge on any atom is -0.383 e. The highest BCUT2D eigenvalue weighted by Gasteiger charge is 2.25. The number of hydrogen-bond donors (Lipinski definition) is 1. The third-order valence-corrected chi connectivity index (χ3v) is 3.50. The summed E-state index contributed by atoms with van der Waals surface area (Å²) in [5.41, 5.74) is 0.785. The molecule has 128 valence electrons. The van der Waals surface area contributed by atoms with Gasteiger partial charge < -0.3 is 15.0 Å². The molecule has 0 fully saturated rings. The van der Waals surface area contributed by atoms with Gasteiger partial charge in [0.15, 0.2) is 0 Å². The van der Waals surface area contributed by atoms with E-state index in [4.69, 9.17) is 4.74 Å². The number of nitrogens with one attached hydrogen (secondary N) is 1. The zero-order valence-corrected chi connectivity index (χ0v) is 14.0. The van der Waals surface area contributed by atoms with Gasteiger partial charge in [0.25, 0.3) is 0 Å². The highest BCUT2D eigenvalue weighted by Crippen LogP contribution is 2.12. The van der Waals surface area contributed by atoms with Gasteiger partial charge in [-0.3, -0.25) is 9.59 Å². The Bertz CT molecular complexity index is 505. The molecule has 0 saturated carbocycles. The maximum Gasteiger partial charge on any atom is 0.242 e. The Kier molecular flexibility index (Phi) is 8.26. The maximum atomic E-state index is 13.0. The topological polar surface area (TPSA) is 58.6 Å². The second kappa shape index (κ2) is 9.94. The summed E-state index contributed by atoms with van der Waals surface area (Å²) in [6.45, 7) is 4.69. The fourth-order valence-corrected chi connectivity index (χ4v) is 2.15. The van der Waals surface area contributed by atoms with Gasteiger partial charge in [0, 0.05) is 26.6 Å². The van der Waals surface area contributed by atoms with Gasteiger partial charge in [-0.25, -0.2) is 4.39 Å². The Morgan fingerprint density at radius 2 is 1.96 bits per heavy atom. The Morgan fingerprint density at radius 1 is 1.30 bits per heavy atom. The smallest absolute Gasteiger partial charge is 0.242 e. The van der Waals surface area contributed by atoms with E-state index in [9.17, 15) is 14.0 Å². The van der Waals surface area contributed by atoms with Crippen LogP contribution in [0.4, 0.5) is 4.39 Å². The first-order chi connectivity index (χ1) is 11.0. The molecule has 0 aliphatic heterocycles. The SMILES string of the molecule is CCCC(=O)N(Cc1ccc(F)cc1)C(C)C(=O)NCCOC. The Hall–Kier alpha value is -1.95. The van der Waals surface area contributed by atoms with Crippen molar-refractivity contribution in [2.24, 2.45) is 0 Å². The van der Waals surface area contributed by atoms with Crippen molar-refractivity contribution in [1.29, 1.82) is 0 Å². The van der Waals surface area contributed by atoms with E-state index in [1.807, 2.05) is 6.92 Å². The molecule has 0 bridgehead atoms. The summed E-state index contributed by atoms with van der Waals surface area (Å²) < 4.78 is 17.9. The van der Waals surface area contributed by atoms with E-state index >= 15 is 0 Å². The highest BCUT2D eigenvalue weighted by atomic mass is 19.1. The van der Waals surface area contributed by atoms with Crippen LogP contribution in [0.3, 0.4) is 0 Å². The fourth-order valence-electron chi connectivity index (χ4n) is 2.15. The predicted octanol–water partition coefficient (Wildman–Crippen LogP) is 2.11. The number of nitrogens with zero attached hydrogens (tertiary/aromatic N) is 1. The van der Waals surface area contributed by atoms with Crippen LogP contribution in [0, 0.1) is 5.82 Å². The molecule has 0 radical (unpaired) electrons. The lowest BCUT2D eigenvalue weighted by atomic mass is 10.1. The molecular weight excluding hydrogens is 299 g/mol. The van der Waals surface area contributed by atoms with Crippen LogP contribution in [0.25, 0.3) is 0 Å². The molecule has 1 rings (SSSR count). The second-order valence-corrected chi connectivity index (χ2v) is 5.36. The largest absolute Gasteiger partial charge is 0.383 e. The van der Waals surface area contributed by atoms with Crippen molar-refractivity contribution in [1.82, 2.24) is 10.2 Å². The van der Waals surface area contributed by atoms with Crippen LogP contribution in [0.5, 0.6) is 0 Å². The first kappa shape index (κ1) is 19.1. The first-order valence-corrected chi connectivity index (χ1v) is 7.80. The average Bonchev–Trinajstić information content (AvgIpc) is 2.54. The molecule has 6 heteroatoms. The number of hydrogen-bond acceptors (Lipinski definition) is 3. The van der Waals surface area contributed by atoms with Gasteiger partial charge in [-0.05, 0) is 31.0 Å². The van der Waals surface area contributed by atoms with Crippen molar-refractivity contribution in [3.63, 3.8) is 0 Å². The summed E-state index contributed by atoms with van der Waals surface area (Å²) in [7, 11) is 1.56. The number of benzene rings is 1. The maximum absolute atomic E-state index is 13.0. The van der Waals surface area contributed by atoms with Crippen LogP contribution < -0.4 is 5.32 Å². The van der Waals surface area contributed by atoms with Crippen molar-refractivity contribution in [2.45, 2.75) is 39.3 Å². The predicted molar refractivity (Wildman–Crippen MR) is 86.2 cm³/mol. The van der Waals surface area contributed by atoms with Crippen LogP contribution in [0.15, 0.2) is 24.3 Å². The summed E-state index contributed by atoms with van der Waals surface area (Å²) in [5, 5.41) is 2.74. The van der Waals surface area contributed by atoms with Crippen LogP contribution in [-0.2, 0) is 20.9 Å². The van der Waals surface area contributed by atoms with Crippen molar-refractivity contribution in [2.75, 3.05) is 20.3 Å². The Labute approximate surface area is 136 Å². The van der Waals surface area contributed by atoms with Crippen LogP contribution in [0.2, 0.25) is 0 Å². The van der Waals surface area contributed by atoms with Crippen molar-refractivity contribution >= 4 is 11.8 Å². The Morgan fingerprint density at radius 3 is 2.52 bits per heavy atom. The summed E-state index contributed by atoms with van der Waals surface area (Å²) >= 11 is 0. The monoisotopic (exact) mass is 324 g/mol. The lowest BCUT2D eigenvalue weighted by Crippen LogP contribution is -2.48. The zero-order valence-electron chi connectivity index (χ0n) is 14.0. The molecule has 5 nitrogen and oxygen atoms in total. The second-order valence-electron chi connectivity index (χ2n) is 5.36. The van der Waals surface area contributed by atoms with E-state index in [0.717, 1.165) is 5.56 Å². The normalized spacial score (nSPS) is 11.8. The molecule has 0 aliphatic carbocycles. The van der Waals surface area contributed by atoms with E-state index in [1.54, 1.807) is 26.2 Å². The number of methoxy groups -OCH3 is 1. The summed E-state index contributed by atoms with van der Waals surface area (Å²) in [4.78, 5) is 26.1. The van der Waals surface area contributed by atoms with Crippen LogP contribution in [-0.4, -0.2) is 43.0 Å². The van der Waals surface area contributed by atoms with E-state index < -0.39 is 6.04 Å². The third-order valence-electron chi connectivity index (χ3n) is 3.50. The number of carbonyl (C=O) groups is 2. The number of halogens is 1. The molecule has 0 spiro atoms. The van der Waals surface area contributed by atoms with Gasteiger partial charge >= 0.3 is 0 Å². The molecule has 1 aromatic rings. The number of carbonyl (C=O) groups excluding carboxylic acids is 2. The van der Waals surface area contributed by atoms with E-state index in [1.165, 1.54) is 17.0 Å². The van der Waals surface area contributed by atoms with Crippen molar-refractivity contribution in [3.8, 4) is 0 Å². The van der Waals surface area contributed by atoms with Crippen molar-refractivity contribution in [3.05, 3.63) is 35.6 Å². The third kappa shape index (κ3) is 6.36. The molecule has 1 unspecified atom stereocenters. The number of ether oxygens (including phenoxy) is 1. The molecule has 1 N–H and O–H groups in total. The summed E-state index contributed by atoms with van der Waals surface area (Å²) in [5.74, 6) is -0.648. The minimum atomic E-state index is -0.601. The number of rotatable bonds is 9. The standard InChI is InChI=1S/C17H25FN2O3/c1-4-5-16(21)20(12-14-6-8-15(18)9-7-14)13(2)17(22)19-10-11-23-3/h6-9,13H,4-5,10-12H2,1-3H3,(H,19,22). The lowest BCUT2D eigenvalue weighted by molar-refractivity contribution is -0.140. The lowest BCUT2D eigenvalue weighted by Gasteiger charge is -2.28. The summed E-state index contributed by atoms with van der Waals surface area (Å²) in [6.07, 6.45) is 1.08. The molecule has 0 heterocycles. The first-order valence-electron chi connectivity index (χ1n) is 7.80. The van der Waals surface area contributed by atoms with Gasteiger partial charge in [0.1, 0.15) is 11.9 Å². The Balaban J connectivity index is 2.80. The van der Waals surface area contributed by atoms with Gasteiger partial charge in [-0.15, -0.1) is 0 Å². The van der Waals surface area contributed by atoms with Gasteiger partial charge in [0.2, 0.25) is 11.8 Å². The van der Waals surface area contributed by atoms with E-state index in [-0.39, 0.29) is 24.2 Å². The molecule has 1 aromatic carbocycles. The van der Waals surface area contributed by atoms with Crippen molar-refractivity contribution < 1.29 is 18.7 Å². The van der Waals surface area contributed by atoms with E-state index in [2.05, 4.69) is 5.32 Å². The minimum absolute atomic E-state index is 0.0915. The van der Waals surface area contributed by atoms with E-state index in [0.29, 0.717) is 26.0 Å². The molecular formula is C17H25FN2O3. The summed E-state index contributed by atoms with van der Waals surface area (Å²) in [6, 6.07) is 5.34. The highest BCUT2D eigenvalue weighted by molar-refractivity contribution is 5.87. The molecule has 23 heavy (non-hydrogen) atoms.